The van der Waals surface area contributed by atoms with Crippen molar-refractivity contribution in [2.75, 3.05) is 6.54 Å². The fourth-order valence-corrected chi connectivity index (χ4v) is 3.20. The van der Waals surface area contributed by atoms with Gasteiger partial charge in [0.1, 0.15) is 6.54 Å². The summed E-state index contributed by atoms with van der Waals surface area (Å²) >= 11 is 5.11. The molecule has 8 heteroatoms. The molecule has 126 valence electrons. The fraction of sp³-hybridized carbons (Fsp3) is 0.375. The molecule has 3 amide bonds. The Bertz CT molecular complexity index is 665. The van der Waals surface area contributed by atoms with Crippen LogP contribution in [0.1, 0.15) is 46.4 Å². The molecule has 1 aliphatic heterocycles. The van der Waals surface area contributed by atoms with E-state index < -0.39 is 17.7 Å². The van der Waals surface area contributed by atoms with Crippen molar-refractivity contribution in [2.45, 2.75) is 31.7 Å². The van der Waals surface area contributed by atoms with Crippen molar-refractivity contribution in [3.8, 4) is 0 Å². The molecule has 0 saturated heterocycles. The van der Waals surface area contributed by atoms with E-state index in [4.69, 9.17) is 12.2 Å². The lowest BCUT2D eigenvalue weighted by molar-refractivity contribution is -0.122. The SMILES string of the molecule is O=C(CN1C(=O)c2ccccc2C1=O)NNC(=S)NC1CCCC1. The van der Waals surface area contributed by atoms with Gasteiger partial charge in [-0.1, -0.05) is 25.0 Å². The highest BCUT2D eigenvalue weighted by Gasteiger charge is 2.36. The molecule has 0 unspecified atom stereocenters. The summed E-state index contributed by atoms with van der Waals surface area (Å²) in [6, 6.07) is 6.85. The highest BCUT2D eigenvalue weighted by molar-refractivity contribution is 7.80. The standard InChI is InChI=1S/C16H18N4O3S/c21-13(18-19-16(24)17-10-5-1-2-6-10)9-20-14(22)11-7-3-4-8-12(11)15(20)23/h3-4,7-8,10H,1-2,5-6,9H2,(H,18,21)(H2,17,19,24). The van der Waals surface area contributed by atoms with E-state index in [0.29, 0.717) is 22.3 Å². The van der Waals surface area contributed by atoms with Crippen LogP contribution in [0, 0.1) is 0 Å². The van der Waals surface area contributed by atoms with E-state index in [1.54, 1.807) is 24.3 Å². The van der Waals surface area contributed by atoms with Gasteiger partial charge in [-0.3, -0.25) is 30.1 Å². The number of amides is 3. The number of hydrogen-bond donors (Lipinski definition) is 3. The van der Waals surface area contributed by atoms with Gasteiger partial charge in [0.15, 0.2) is 5.11 Å². The minimum absolute atomic E-state index is 0.321. The van der Waals surface area contributed by atoms with E-state index in [1.807, 2.05) is 0 Å². The maximum absolute atomic E-state index is 12.2. The average molecular weight is 346 g/mol. The summed E-state index contributed by atoms with van der Waals surface area (Å²) in [6.45, 7) is -0.356. The zero-order valence-corrected chi connectivity index (χ0v) is 13.8. The first-order chi connectivity index (χ1) is 11.6. The van der Waals surface area contributed by atoms with Gasteiger partial charge in [-0.25, -0.2) is 0 Å². The summed E-state index contributed by atoms with van der Waals surface area (Å²) in [4.78, 5) is 37.3. The number of nitrogens with one attached hydrogen (secondary N) is 3. The van der Waals surface area contributed by atoms with Crippen LogP contribution in [0.4, 0.5) is 0 Å². The van der Waals surface area contributed by atoms with Gasteiger partial charge in [0, 0.05) is 6.04 Å². The van der Waals surface area contributed by atoms with Gasteiger partial charge in [0.25, 0.3) is 17.7 Å². The number of nitrogens with zero attached hydrogens (tertiary/aromatic N) is 1. The van der Waals surface area contributed by atoms with Crippen molar-refractivity contribution in [1.82, 2.24) is 21.1 Å². The van der Waals surface area contributed by atoms with Crippen LogP contribution in [0.5, 0.6) is 0 Å². The highest BCUT2D eigenvalue weighted by atomic mass is 32.1. The zero-order valence-electron chi connectivity index (χ0n) is 13.0. The Morgan fingerprint density at radius 1 is 1.08 bits per heavy atom. The molecule has 0 radical (unpaired) electrons. The molecule has 0 aromatic heterocycles. The molecule has 1 fully saturated rings. The summed E-state index contributed by atoms with van der Waals surface area (Å²) in [5, 5.41) is 3.45. The fourth-order valence-electron chi connectivity index (χ4n) is 2.98. The number of hydrazine groups is 1. The first kappa shape index (κ1) is 16.4. The molecule has 1 aromatic rings. The second kappa shape index (κ2) is 6.96. The summed E-state index contributed by atoms with van der Waals surface area (Å²) in [7, 11) is 0. The van der Waals surface area contributed by atoms with Gasteiger partial charge in [0.05, 0.1) is 11.1 Å². The Kier molecular flexibility index (Phi) is 4.75. The zero-order chi connectivity index (χ0) is 17.1. The molecule has 1 heterocycles. The number of imide groups is 1. The molecule has 0 atom stereocenters. The van der Waals surface area contributed by atoms with Gasteiger partial charge in [-0.2, -0.15) is 0 Å². The molecule has 1 saturated carbocycles. The first-order valence-electron chi connectivity index (χ1n) is 7.87. The van der Waals surface area contributed by atoms with Crippen LogP contribution < -0.4 is 16.2 Å². The monoisotopic (exact) mass is 346 g/mol. The van der Waals surface area contributed by atoms with Crippen molar-refractivity contribution >= 4 is 35.1 Å². The first-order valence-corrected chi connectivity index (χ1v) is 8.27. The normalized spacial score (nSPS) is 16.9. The Morgan fingerprint density at radius 3 is 2.25 bits per heavy atom. The molecule has 0 bridgehead atoms. The van der Waals surface area contributed by atoms with Crippen molar-refractivity contribution in [1.29, 1.82) is 0 Å². The minimum atomic E-state index is -0.514. The maximum Gasteiger partial charge on any atom is 0.262 e. The number of benzene rings is 1. The minimum Gasteiger partial charge on any atom is -0.359 e. The summed E-state index contributed by atoms with van der Waals surface area (Å²) < 4.78 is 0. The Labute approximate surface area is 144 Å². The van der Waals surface area contributed by atoms with E-state index in [-0.39, 0.29) is 6.54 Å². The number of carbonyl (C=O) groups is 3. The van der Waals surface area contributed by atoms with Crippen molar-refractivity contribution < 1.29 is 14.4 Å². The third-order valence-corrected chi connectivity index (χ3v) is 4.41. The van der Waals surface area contributed by atoms with Gasteiger partial charge in [-0.15, -0.1) is 0 Å². The van der Waals surface area contributed by atoms with Gasteiger partial charge in [-0.05, 0) is 37.2 Å². The molecule has 7 nitrogen and oxygen atoms in total. The maximum atomic E-state index is 12.2. The second-order valence-corrected chi connectivity index (χ2v) is 6.28. The van der Waals surface area contributed by atoms with Gasteiger partial charge in [0.2, 0.25) is 0 Å². The third-order valence-electron chi connectivity index (χ3n) is 4.19. The van der Waals surface area contributed by atoms with E-state index >= 15 is 0 Å². The Balaban J connectivity index is 1.50. The summed E-state index contributed by atoms with van der Waals surface area (Å²) in [5.74, 6) is -1.44. The smallest absolute Gasteiger partial charge is 0.262 e. The van der Waals surface area contributed by atoms with Crippen LogP contribution in [0.25, 0.3) is 0 Å². The largest absolute Gasteiger partial charge is 0.359 e. The molecule has 24 heavy (non-hydrogen) atoms. The number of hydrogen-bond acceptors (Lipinski definition) is 4. The van der Waals surface area contributed by atoms with E-state index in [0.717, 1.165) is 17.7 Å². The third kappa shape index (κ3) is 3.38. The van der Waals surface area contributed by atoms with Crippen LogP contribution in [0.15, 0.2) is 24.3 Å². The van der Waals surface area contributed by atoms with Crippen LogP contribution in [0.2, 0.25) is 0 Å². The summed E-state index contributed by atoms with van der Waals surface area (Å²) in [5.41, 5.74) is 5.66. The van der Waals surface area contributed by atoms with Crippen LogP contribution in [-0.2, 0) is 4.79 Å². The second-order valence-electron chi connectivity index (χ2n) is 5.87. The molecule has 3 N–H and O–H groups in total. The Hall–Kier alpha value is -2.48. The molecule has 1 aliphatic carbocycles. The van der Waals surface area contributed by atoms with Crippen molar-refractivity contribution in [2.24, 2.45) is 0 Å². The quantitative estimate of drug-likeness (QED) is 0.424. The van der Waals surface area contributed by atoms with Gasteiger partial charge < -0.3 is 5.32 Å². The number of thiocarbonyl (C=S) groups is 1. The Morgan fingerprint density at radius 2 is 1.67 bits per heavy atom. The van der Waals surface area contributed by atoms with Crippen LogP contribution >= 0.6 is 12.2 Å². The van der Waals surface area contributed by atoms with E-state index in [9.17, 15) is 14.4 Å². The van der Waals surface area contributed by atoms with E-state index in [1.165, 1.54) is 12.8 Å². The average Bonchev–Trinajstić information content (AvgIpc) is 3.16. The molecular formula is C16H18N4O3S. The highest BCUT2D eigenvalue weighted by Crippen LogP contribution is 2.21. The van der Waals surface area contributed by atoms with E-state index in [2.05, 4.69) is 16.2 Å². The molecule has 1 aromatic carbocycles. The predicted molar refractivity (Wildman–Crippen MR) is 91.1 cm³/mol. The number of fused-ring (bicyclic) bond motifs is 1. The van der Waals surface area contributed by atoms with Gasteiger partial charge >= 0.3 is 0 Å². The lowest BCUT2D eigenvalue weighted by Crippen LogP contribution is -2.52. The molecule has 2 aliphatic rings. The summed E-state index contributed by atoms with van der Waals surface area (Å²) in [6.07, 6.45) is 4.47. The topological polar surface area (TPSA) is 90.5 Å². The lowest BCUT2D eigenvalue weighted by atomic mass is 10.1. The molecule has 3 rings (SSSR count). The lowest BCUT2D eigenvalue weighted by Gasteiger charge is -2.17. The van der Waals surface area contributed by atoms with Crippen LogP contribution in [0.3, 0.4) is 0 Å². The van der Waals surface area contributed by atoms with Crippen LogP contribution in [-0.4, -0.2) is 40.3 Å². The predicted octanol–water partition coefficient (Wildman–Crippen LogP) is 0.720. The van der Waals surface area contributed by atoms with Crippen molar-refractivity contribution in [3.05, 3.63) is 35.4 Å². The number of carbonyl (C=O) groups excluding carboxylic acids is 3. The molecule has 0 spiro atoms. The molecular weight excluding hydrogens is 328 g/mol. The number of rotatable bonds is 3. The van der Waals surface area contributed by atoms with Crippen molar-refractivity contribution in [3.63, 3.8) is 0 Å².